The largest absolute Gasteiger partial charge is 0.326 e. The van der Waals surface area contributed by atoms with E-state index < -0.39 is 0 Å². The van der Waals surface area contributed by atoms with Crippen molar-refractivity contribution < 1.29 is 0 Å². The summed E-state index contributed by atoms with van der Waals surface area (Å²) in [5, 5.41) is 4.24. The molecule has 0 spiro atoms. The van der Waals surface area contributed by atoms with E-state index in [9.17, 15) is 0 Å². The van der Waals surface area contributed by atoms with Gasteiger partial charge in [-0.1, -0.05) is 6.07 Å². The number of alkyl halides is 1. The second-order valence-corrected chi connectivity index (χ2v) is 5.26. The summed E-state index contributed by atoms with van der Waals surface area (Å²) >= 11 is 5.90. The van der Waals surface area contributed by atoms with Crippen LogP contribution in [0.25, 0.3) is 11.0 Å². The Morgan fingerprint density at radius 3 is 2.90 bits per heavy atom. The Kier molecular flexibility index (Phi) is 3.74. The average molecular weight is 289 g/mol. The third-order valence-electron chi connectivity index (χ3n) is 3.41. The van der Waals surface area contributed by atoms with Crippen LogP contribution in [0.4, 0.5) is 0 Å². The molecule has 0 aliphatic heterocycles. The first-order valence-electron chi connectivity index (χ1n) is 6.77. The second-order valence-electron chi connectivity index (χ2n) is 4.88. The molecule has 0 aliphatic carbocycles. The first-order chi connectivity index (χ1) is 9.78. The molecule has 4 nitrogen and oxygen atoms in total. The number of imidazole rings is 1. The van der Waals surface area contributed by atoms with Crippen LogP contribution in [0.3, 0.4) is 0 Å². The Labute approximate surface area is 123 Å². The maximum absolute atomic E-state index is 5.90. The fourth-order valence-corrected chi connectivity index (χ4v) is 2.62. The third-order valence-corrected chi connectivity index (χ3v) is 3.60. The molecule has 0 saturated heterocycles. The van der Waals surface area contributed by atoms with Crippen LogP contribution in [-0.2, 0) is 19.5 Å². The summed E-state index contributed by atoms with van der Waals surface area (Å²) in [4.78, 5) is 4.71. The minimum Gasteiger partial charge on any atom is -0.326 e. The highest BCUT2D eigenvalue weighted by molar-refractivity contribution is 6.17. The van der Waals surface area contributed by atoms with Crippen molar-refractivity contribution >= 4 is 22.6 Å². The molecule has 104 valence electrons. The molecule has 0 amide bonds. The van der Waals surface area contributed by atoms with Gasteiger partial charge in [-0.15, -0.1) is 11.6 Å². The van der Waals surface area contributed by atoms with Crippen molar-refractivity contribution in [3.8, 4) is 0 Å². The Morgan fingerprint density at radius 1 is 1.25 bits per heavy atom. The Hall–Kier alpha value is -1.81. The quantitative estimate of drug-likeness (QED) is 0.677. The van der Waals surface area contributed by atoms with E-state index in [4.69, 9.17) is 16.6 Å². The van der Waals surface area contributed by atoms with Crippen LogP contribution in [0.5, 0.6) is 0 Å². The van der Waals surface area contributed by atoms with E-state index in [1.165, 1.54) is 11.1 Å². The normalized spacial score (nSPS) is 11.3. The molecule has 0 saturated carbocycles. The zero-order chi connectivity index (χ0) is 13.9. The van der Waals surface area contributed by atoms with Crippen molar-refractivity contribution in [3.05, 3.63) is 48.0 Å². The number of hydrogen-bond acceptors (Lipinski definition) is 2. The number of hydrogen-bond donors (Lipinski definition) is 0. The number of rotatable bonds is 5. The number of halogens is 1. The van der Waals surface area contributed by atoms with Gasteiger partial charge in [0.25, 0.3) is 0 Å². The molecule has 0 fully saturated rings. The molecule has 0 radical (unpaired) electrons. The van der Waals surface area contributed by atoms with Crippen LogP contribution in [0, 0.1) is 6.92 Å². The first kappa shape index (κ1) is 13.2. The van der Waals surface area contributed by atoms with Crippen LogP contribution in [0.15, 0.2) is 36.7 Å². The lowest BCUT2D eigenvalue weighted by molar-refractivity contribution is 0.530. The number of nitrogens with zero attached hydrogens (tertiary/aromatic N) is 4. The predicted octanol–water partition coefficient (Wildman–Crippen LogP) is 3.02. The van der Waals surface area contributed by atoms with Crippen molar-refractivity contribution in [1.82, 2.24) is 19.3 Å². The van der Waals surface area contributed by atoms with Crippen molar-refractivity contribution in [2.75, 3.05) is 5.88 Å². The van der Waals surface area contributed by atoms with Gasteiger partial charge in [-0.05, 0) is 30.7 Å². The molecule has 1 aromatic carbocycles. The molecular formula is C15H17ClN4. The van der Waals surface area contributed by atoms with E-state index >= 15 is 0 Å². The molecular weight excluding hydrogens is 272 g/mol. The van der Waals surface area contributed by atoms with Crippen LogP contribution >= 0.6 is 11.6 Å². The van der Waals surface area contributed by atoms with Gasteiger partial charge in [-0.3, -0.25) is 4.68 Å². The standard InChI is InChI=1S/C15H17ClN4/c1-12-3-4-14-13(11-12)18-15(5-6-16)20(14)10-9-19-8-2-7-17-19/h2-4,7-8,11H,5-6,9-10H2,1H3. The Morgan fingerprint density at radius 2 is 2.15 bits per heavy atom. The smallest absolute Gasteiger partial charge is 0.111 e. The SMILES string of the molecule is Cc1ccc2c(c1)nc(CCCl)n2CCn1cccn1. The van der Waals surface area contributed by atoms with Crippen LogP contribution in [0.2, 0.25) is 0 Å². The fourth-order valence-electron chi connectivity index (χ4n) is 2.45. The van der Waals surface area contributed by atoms with Gasteiger partial charge in [0.2, 0.25) is 0 Å². The highest BCUT2D eigenvalue weighted by atomic mass is 35.5. The Bertz CT molecular complexity index is 700. The zero-order valence-electron chi connectivity index (χ0n) is 11.5. The van der Waals surface area contributed by atoms with E-state index in [0.29, 0.717) is 5.88 Å². The van der Waals surface area contributed by atoms with Crippen molar-refractivity contribution in [2.24, 2.45) is 0 Å². The van der Waals surface area contributed by atoms with Gasteiger partial charge in [0.1, 0.15) is 5.82 Å². The molecule has 2 heterocycles. The number of fused-ring (bicyclic) bond motifs is 1. The summed E-state index contributed by atoms with van der Waals surface area (Å²) in [6, 6.07) is 8.32. The molecule has 0 aliphatic rings. The lowest BCUT2D eigenvalue weighted by Gasteiger charge is -2.08. The van der Waals surface area contributed by atoms with Gasteiger partial charge in [-0.2, -0.15) is 5.10 Å². The van der Waals surface area contributed by atoms with Crippen molar-refractivity contribution in [2.45, 2.75) is 26.4 Å². The molecule has 0 bridgehead atoms. The molecule has 3 rings (SSSR count). The van der Waals surface area contributed by atoms with E-state index in [1.54, 1.807) is 6.20 Å². The lowest BCUT2D eigenvalue weighted by Crippen LogP contribution is -2.11. The minimum absolute atomic E-state index is 0.587. The molecule has 5 heteroatoms. The number of aryl methyl sites for hydroxylation is 4. The second kappa shape index (κ2) is 5.67. The van der Waals surface area contributed by atoms with Crippen LogP contribution in [0.1, 0.15) is 11.4 Å². The van der Waals surface area contributed by atoms with Crippen molar-refractivity contribution in [1.29, 1.82) is 0 Å². The van der Waals surface area contributed by atoms with Gasteiger partial charge >= 0.3 is 0 Å². The van der Waals surface area contributed by atoms with E-state index in [2.05, 4.69) is 34.8 Å². The first-order valence-corrected chi connectivity index (χ1v) is 7.30. The van der Waals surface area contributed by atoms with Gasteiger partial charge in [0, 0.05) is 31.2 Å². The highest BCUT2D eigenvalue weighted by Gasteiger charge is 2.10. The summed E-state index contributed by atoms with van der Waals surface area (Å²) < 4.78 is 4.18. The lowest BCUT2D eigenvalue weighted by atomic mass is 10.2. The Balaban J connectivity index is 1.95. The topological polar surface area (TPSA) is 35.6 Å². The molecule has 2 aromatic heterocycles. The third kappa shape index (κ3) is 2.56. The number of benzene rings is 1. The maximum atomic E-state index is 5.90. The summed E-state index contributed by atoms with van der Waals surface area (Å²) in [6.45, 7) is 3.78. The van der Waals surface area contributed by atoms with Crippen LogP contribution in [-0.4, -0.2) is 25.2 Å². The van der Waals surface area contributed by atoms with Gasteiger partial charge < -0.3 is 4.57 Å². The van der Waals surface area contributed by atoms with Gasteiger partial charge in [0.05, 0.1) is 17.6 Å². The van der Waals surface area contributed by atoms with E-state index in [-0.39, 0.29) is 0 Å². The van der Waals surface area contributed by atoms with Crippen LogP contribution < -0.4 is 0 Å². The molecule has 20 heavy (non-hydrogen) atoms. The molecule has 3 aromatic rings. The summed E-state index contributed by atoms with van der Waals surface area (Å²) in [6.07, 6.45) is 4.56. The maximum Gasteiger partial charge on any atom is 0.111 e. The molecule has 0 unspecified atom stereocenters. The molecule has 0 N–H and O–H groups in total. The average Bonchev–Trinajstić information content (AvgIpc) is 3.04. The summed E-state index contributed by atoms with van der Waals surface area (Å²) in [7, 11) is 0. The monoisotopic (exact) mass is 288 g/mol. The highest BCUT2D eigenvalue weighted by Crippen LogP contribution is 2.18. The summed E-state index contributed by atoms with van der Waals surface area (Å²) in [5.74, 6) is 1.64. The summed E-state index contributed by atoms with van der Waals surface area (Å²) in [5.41, 5.74) is 3.44. The van der Waals surface area contributed by atoms with Gasteiger partial charge in [0.15, 0.2) is 0 Å². The van der Waals surface area contributed by atoms with E-state index in [0.717, 1.165) is 30.9 Å². The predicted molar refractivity (Wildman–Crippen MR) is 81.1 cm³/mol. The zero-order valence-corrected chi connectivity index (χ0v) is 12.2. The molecule has 0 atom stereocenters. The van der Waals surface area contributed by atoms with Gasteiger partial charge in [-0.25, -0.2) is 4.98 Å². The number of aromatic nitrogens is 4. The van der Waals surface area contributed by atoms with E-state index in [1.807, 2.05) is 16.9 Å². The van der Waals surface area contributed by atoms with Crippen molar-refractivity contribution in [3.63, 3.8) is 0 Å². The fraction of sp³-hybridized carbons (Fsp3) is 0.333. The minimum atomic E-state index is 0.587.